The minimum absolute atomic E-state index is 0.111. The molecule has 14 heavy (non-hydrogen) atoms. The monoisotopic (exact) mass is 259 g/mol. The van der Waals surface area contributed by atoms with E-state index in [1.807, 2.05) is 0 Å². The van der Waals surface area contributed by atoms with Crippen LogP contribution in [0.3, 0.4) is 0 Å². The lowest BCUT2D eigenvalue weighted by molar-refractivity contribution is 0.174. The molecule has 0 atom stereocenters. The van der Waals surface area contributed by atoms with E-state index in [1.54, 1.807) is 12.1 Å². The van der Waals surface area contributed by atoms with Gasteiger partial charge in [0.2, 0.25) is 6.79 Å². The fourth-order valence-corrected chi connectivity index (χ4v) is 1.58. The molecule has 2 N–H and O–H groups in total. The van der Waals surface area contributed by atoms with Crippen LogP contribution in [0.1, 0.15) is 0 Å². The number of ether oxygens (including phenoxy) is 2. The predicted octanol–water partition coefficient (Wildman–Crippen LogP) is 2.27. The van der Waals surface area contributed by atoms with Crippen molar-refractivity contribution in [2.75, 3.05) is 12.1 Å². The van der Waals surface area contributed by atoms with E-state index >= 15 is 0 Å². The van der Waals surface area contributed by atoms with E-state index in [2.05, 4.69) is 21.2 Å². The minimum Gasteiger partial charge on any atom is -0.465 e. The van der Waals surface area contributed by atoms with E-state index in [-0.39, 0.29) is 6.79 Å². The summed E-state index contributed by atoms with van der Waals surface area (Å²) in [6, 6.07) is 3.40. The lowest BCUT2D eigenvalue weighted by atomic mass is 10.3. The molecule has 1 heterocycles. The average molecular weight is 260 g/mol. The van der Waals surface area contributed by atoms with Gasteiger partial charge in [0.1, 0.15) is 5.69 Å². The van der Waals surface area contributed by atoms with Crippen molar-refractivity contribution in [3.05, 3.63) is 16.6 Å². The average Bonchev–Trinajstić information content (AvgIpc) is 2.57. The number of nitrogens with one attached hydrogen (secondary N) is 1. The van der Waals surface area contributed by atoms with Crippen molar-refractivity contribution in [1.29, 1.82) is 0 Å². The van der Waals surface area contributed by atoms with Gasteiger partial charge in [0.05, 0.1) is 0 Å². The summed E-state index contributed by atoms with van der Waals surface area (Å²) in [5.41, 5.74) is 0.368. The number of hydrogen-bond acceptors (Lipinski definition) is 3. The zero-order valence-corrected chi connectivity index (χ0v) is 8.50. The second kappa shape index (κ2) is 3.38. The maximum absolute atomic E-state index is 10.5. The molecular weight excluding hydrogens is 254 g/mol. The van der Waals surface area contributed by atoms with Crippen LogP contribution >= 0.6 is 15.9 Å². The number of anilines is 1. The Morgan fingerprint density at radius 2 is 2.29 bits per heavy atom. The number of fused-ring (bicyclic) bond motifs is 1. The van der Waals surface area contributed by atoms with Gasteiger partial charge in [-0.05, 0) is 28.1 Å². The predicted molar refractivity (Wildman–Crippen MR) is 51.9 cm³/mol. The molecule has 0 saturated heterocycles. The lowest BCUT2D eigenvalue weighted by Crippen LogP contribution is -2.08. The first-order valence-electron chi connectivity index (χ1n) is 3.76. The molecule has 0 saturated carbocycles. The Morgan fingerprint density at radius 1 is 1.50 bits per heavy atom. The Morgan fingerprint density at radius 3 is 3.00 bits per heavy atom. The first-order valence-corrected chi connectivity index (χ1v) is 4.56. The molecule has 1 amide bonds. The molecule has 0 unspecified atom stereocenters. The molecule has 0 radical (unpaired) electrons. The number of carbonyl (C=O) groups is 1. The van der Waals surface area contributed by atoms with E-state index in [0.717, 1.165) is 0 Å². The summed E-state index contributed by atoms with van der Waals surface area (Å²) >= 11 is 3.22. The number of rotatable bonds is 1. The maximum atomic E-state index is 10.5. The Labute approximate surface area is 87.8 Å². The largest absolute Gasteiger partial charge is 0.465 e. The van der Waals surface area contributed by atoms with Gasteiger partial charge >= 0.3 is 6.09 Å². The molecule has 0 spiro atoms. The minimum atomic E-state index is -1.14. The van der Waals surface area contributed by atoms with Crippen molar-refractivity contribution in [2.24, 2.45) is 0 Å². The summed E-state index contributed by atoms with van der Waals surface area (Å²) in [6.45, 7) is 0.111. The van der Waals surface area contributed by atoms with Crippen molar-refractivity contribution in [3.63, 3.8) is 0 Å². The van der Waals surface area contributed by atoms with Crippen molar-refractivity contribution >= 4 is 27.7 Å². The van der Waals surface area contributed by atoms with Crippen LogP contribution in [-0.2, 0) is 0 Å². The Bertz CT molecular complexity index is 393. The molecule has 0 aromatic heterocycles. The zero-order chi connectivity index (χ0) is 10.1. The number of carboxylic acid groups (broad SMARTS) is 1. The van der Waals surface area contributed by atoms with Crippen LogP contribution in [0.4, 0.5) is 10.5 Å². The topological polar surface area (TPSA) is 67.8 Å². The first kappa shape index (κ1) is 9.14. The van der Waals surface area contributed by atoms with Crippen LogP contribution in [0.5, 0.6) is 11.5 Å². The van der Waals surface area contributed by atoms with E-state index in [4.69, 9.17) is 14.6 Å². The summed E-state index contributed by atoms with van der Waals surface area (Å²) in [5.74, 6) is 0.957. The number of amides is 1. The highest BCUT2D eigenvalue weighted by molar-refractivity contribution is 9.10. The normalized spacial score (nSPS) is 12.6. The highest BCUT2D eigenvalue weighted by atomic mass is 79.9. The molecule has 0 fully saturated rings. The standard InChI is InChI=1S/C8H6BrNO4/c9-4-1-2-5-7(14-3-13-5)6(4)10-8(11)12/h1-2,10H,3H2,(H,11,12). The number of benzene rings is 1. The van der Waals surface area contributed by atoms with E-state index in [0.29, 0.717) is 21.7 Å². The quantitative estimate of drug-likeness (QED) is 0.812. The third kappa shape index (κ3) is 1.48. The van der Waals surface area contributed by atoms with Crippen molar-refractivity contribution in [1.82, 2.24) is 0 Å². The van der Waals surface area contributed by atoms with Gasteiger partial charge in [-0.3, -0.25) is 5.32 Å². The summed E-state index contributed by atoms with van der Waals surface area (Å²) in [4.78, 5) is 10.5. The molecule has 2 rings (SSSR count). The molecule has 1 aromatic carbocycles. The first-order chi connectivity index (χ1) is 6.68. The van der Waals surface area contributed by atoms with E-state index in [9.17, 15) is 4.79 Å². The van der Waals surface area contributed by atoms with Gasteiger partial charge in [-0.2, -0.15) is 0 Å². The van der Waals surface area contributed by atoms with Gasteiger partial charge in [-0.1, -0.05) is 0 Å². The molecular formula is C8H6BrNO4. The van der Waals surface area contributed by atoms with Gasteiger partial charge in [0.15, 0.2) is 11.5 Å². The van der Waals surface area contributed by atoms with Gasteiger partial charge in [-0.15, -0.1) is 0 Å². The highest BCUT2D eigenvalue weighted by Crippen LogP contribution is 2.43. The van der Waals surface area contributed by atoms with E-state index < -0.39 is 6.09 Å². The Kier molecular flexibility index (Phi) is 2.20. The summed E-state index contributed by atoms with van der Waals surface area (Å²) < 4.78 is 10.8. The third-order valence-electron chi connectivity index (χ3n) is 1.72. The SMILES string of the molecule is O=C(O)Nc1c(Br)ccc2c1OCO2. The Balaban J connectivity index is 2.46. The van der Waals surface area contributed by atoms with Gasteiger partial charge in [0, 0.05) is 4.47 Å². The smallest absolute Gasteiger partial charge is 0.409 e. The lowest BCUT2D eigenvalue weighted by Gasteiger charge is -2.06. The van der Waals surface area contributed by atoms with Gasteiger partial charge in [-0.25, -0.2) is 4.79 Å². The van der Waals surface area contributed by atoms with Crippen LogP contribution in [0, 0.1) is 0 Å². The third-order valence-corrected chi connectivity index (χ3v) is 2.38. The summed E-state index contributed by atoms with van der Waals surface area (Å²) in [5, 5.41) is 10.8. The van der Waals surface area contributed by atoms with Crippen LogP contribution in [0.25, 0.3) is 0 Å². The zero-order valence-electron chi connectivity index (χ0n) is 6.91. The Hall–Kier alpha value is -1.43. The second-order valence-electron chi connectivity index (χ2n) is 2.59. The fourth-order valence-electron chi connectivity index (χ4n) is 1.17. The highest BCUT2D eigenvalue weighted by Gasteiger charge is 2.21. The van der Waals surface area contributed by atoms with Gasteiger partial charge in [0.25, 0.3) is 0 Å². The van der Waals surface area contributed by atoms with Gasteiger partial charge < -0.3 is 14.6 Å². The van der Waals surface area contributed by atoms with Crippen LogP contribution < -0.4 is 14.8 Å². The molecule has 0 aliphatic carbocycles. The molecule has 74 valence electrons. The molecule has 1 aliphatic rings. The summed E-state index contributed by atoms with van der Waals surface area (Å²) in [7, 11) is 0. The van der Waals surface area contributed by atoms with Crippen LogP contribution in [0.2, 0.25) is 0 Å². The van der Waals surface area contributed by atoms with Crippen LogP contribution in [-0.4, -0.2) is 18.0 Å². The molecule has 5 nitrogen and oxygen atoms in total. The van der Waals surface area contributed by atoms with Crippen molar-refractivity contribution in [3.8, 4) is 11.5 Å². The maximum Gasteiger partial charge on any atom is 0.409 e. The number of hydrogen-bond donors (Lipinski definition) is 2. The second-order valence-corrected chi connectivity index (χ2v) is 3.44. The van der Waals surface area contributed by atoms with Crippen LogP contribution in [0.15, 0.2) is 16.6 Å². The van der Waals surface area contributed by atoms with Crippen molar-refractivity contribution in [2.45, 2.75) is 0 Å². The molecule has 1 aromatic rings. The van der Waals surface area contributed by atoms with E-state index in [1.165, 1.54) is 0 Å². The molecule has 1 aliphatic heterocycles. The van der Waals surface area contributed by atoms with Crippen molar-refractivity contribution < 1.29 is 19.4 Å². The molecule has 6 heteroatoms. The fraction of sp³-hybridized carbons (Fsp3) is 0.125. The molecule has 0 bridgehead atoms. The number of halogens is 1. The summed E-state index contributed by atoms with van der Waals surface area (Å²) in [6.07, 6.45) is -1.14.